The fraction of sp³-hybridized carbons (Fsp3) is 1.00. The van der Waals surface area contributed by atoms with Crippen LogP contribution in [0.25, 0.3) is 0 Å². The standard InChI is InChI=1S/C12H25N3O2S/c1-18(16,17)15-8-6-14(7-9-15)10-11-4-2-3-5-12(11)13/h11-12H,2-10,13H2,1H3. The van der Waals surface area contributed by atoms with Gasteiger partial charge in [-0.15, -0.1) is 0 Å². The van der Waals surface area contributed by atoms with Crippen molar-refractivity contribution in [3.05, 3.63) is 0 Å². The third kappa shape index (κ3) is 3.66. The zero-order valence-electron chi connectivity index (χ0n) is 11.2. The van der Waals surface area contributed by atoms with Crippen LogP contribution in [0.3, 0.4) is 0 Å². The van der Waals surface area contributed by atoms with Crippen LogP contribution in [-0.4, -0.2) is 62.6 Å². The molecule has 1 saturated carbocycles. The summed E-state index contributed by atoms with van der Waals surface area (Å²) in [5, 5.41) is 0. The molecule has 1 heterocycles. The molecule has 2 fully saturated rings. The maximum atomic E-state index is 11.4. The third-order valence-corrected chi connectivity index (χ3v) is 5.56. The van der Waals surface area contributed by atoms with Crippen LogP contribution in [0.15, 0.2) is 0 Å². The lowest BCUT2D eigenvalue weighted by Crippen LogP contribution is -2.51. The molecule has 2 atom stereocenters. The lowest BCUT2D eigenvalue weighted by molar-refractivity contribution is 0.141. The van der Waals surface area contributed by atoms with E-state index >= 15 is 0 Å². The van der Waals surface area contributed by atoms with E-state index in [2.05, 4.69) is 4.90 Å². The Bertz CT molecular complexity index is 364. The van der Waals surface area contributed by atoms with Crippen LogP contribution in [-0.2, 0) is 10.0 Å². The smallest absolute Gasteiger partial charge is 0.211 e. The van der Waals surface area contributed by atoms with E-state index in [1.165, 1.54) is 25.5 Å². The van der Waals surface area contributed by atoms with Crippen molar-refractivity contribution in [1.29, 1.82) is 0 Å². The molecule has 0 aromatic rings. The second-order valence-electron chi connectivity index (χ2n) is 5.67. The monoisotopic (exact) mass is 275 g/mol. The van der Waals surface area contributed by atoms with Crippen LogP contribution in [0, 0.1) is 5.92 Å². The Labute approximate surface area is 110 Å². The minimum atomic E-state index is -3.01. The molecule has 6 heteroatoms. The Morgan fingerprint density at radius 3 is 2.28 bits per heavy atom. The highest BCUT2D eigenvalue weighted by Gasteiger charge is 2.28. The van der Waals surface area contributed by atoms with Gasteiger partial charge in [-0.3, -0.25) is 0 Å². The van der Waals surface area contributed by atoms with Gasteiger partial charge in [0, 0.05) is 38.8 Å². The normalized spacial score (nSPS) is 32.6. The Balaban J connectivity index is 1.79. The Morgan fingerprint density at radius 1 is 1.11 bits per heavy atom. The summed E-state index contributed by atoms with van der Waals surface area (Å²) in [5.74, 6) is 0.600. The molecule has 0 aromatic heterocycles. The summed E-state index contributed by atoms with van der Waals surface area (Å²) in [6, 6.07) is 0.340. The lowest BCUT2D eigenvalue weighted by Gasteiger charge is -2.38. The first-order chi connectivity index (χ1) is 8.47. The summed E-state index contributed by atoms with van der Waals surface area (Å²) < 4.78 is 24.4. The summed E-state index contributed by atoms with van der Waals surface area (Å²) in [7, 11) is -3.01. The highest BCUT2D eigenvalue weighted by molar-refractivity contribution is 7.88. The van der Waals surface area contributed by atoms with Crippen LogP contribution in [0.2, 0.25) is 0 Å². The lowest BCUT2D eigenvalue weighted by atomic mass is 9.84. The van der Waals surface area contributed by atoms with E-state index in [0.717, 1.165) is 26.1 Å². The van der Waals surface area contributed by atoms with E-state index < -0.39 is 10.0 Å². The second kappa shape index (κ2) is 5.86. The maximum Gasteiger partial charge on any atom is 0.211 e. The minimum Gasteiger partial charge on any atom is -0.327 e. The van der Waals surface area contributed by atoms with Crippen LogP contribution < -0.4 is 5.73 Å². The highest BCUT2D eigenvalue weighted by Crippen LogP contribution is 2.24. The van der Waals surface area contributed by atoms with E-state index in [1.54, 1.807) is 4.31 Å². The van der Waals surface area contributed by atoms with Gasteiger partial charge in [-0.2, -0.15) is 4.31 Å². The molecule has 0 spiro atoms. The number of rotatable bonds is 3. The summed E-state index contributed by atoms with van der Waals surface area (Å²) in [6.07, 6.45) is 6.22. The summed E-state index contributed by atoms with van der Waals surface area (Å²) in [6.45, 7) is 3.98. The quantitative estimate of drug-likeness (QED) is 0.792. The van der Waals surface area contributed by atoms with Crippen LogP contribution >= 0.6 is 0 Å². The summed E-state index contributed by atoms with van der Waals surface area (Å²) in [4.78, 5) is 2.37. The van der Waals surface area contributed by atoms with Gasteiger partial charge in [0.05, 0.1) is 6.26 Å². The molecule has 18 heavy (non-hydrogen) atoms. The molecule has 2 N–H and O–H groups in total. The molecule has 2 rings (SSSR count). The first-order valence-corrected chi connectivity index (χ1v) is 8.75. The second-order valence-corrected chi connectivity index (χ2v) is 7.65. The van der Waals surface area contributed by atoms with Gasteiger partial charge >= 0.3 is 0 Å². The van der Waals surface area contributed by atoms with Crippen molar-refractivity contribution in [2.75, 3.05) is 39.0 Å². The topological polar surface area (TPSA) is 66.6 Å². The molecule has 0 aromatic carbocycles. The largest absolute Gasteiger partial charge is 0.327 e. The Hall–Kier alpha value is -0.170. The number of hydrogen-bond acceptors (Lipinski definition) is 4. The minimum absolute atomic E-state index is 0.340. The molecule has 2 unspecified atom stereocenters. The van der Waals surface area contributed by atoms with Crippen molar-refractivity contribution in [1.82, 2.24) is 9.21 Å². The van der Waals surface area contributed by atoms with Crippen LogP contribution in [0.1, 0.15) is 25.7 Å². The molecule has 5 nitrogen and oxygen atoms in total. The number of nitrogens with two attached hydrogens (primary N) is 1. The fourth-order valence-corrected chi connectivity index (χ4v) is 3.87. The Kier molecular flexibility index (Phi) is 4.64. The van der Waals surface area contributed by atoms with Gasteiger partial charge in [-0.1, -0.05) is 12.8 Å². The number of piperazine rings is 1. The first kappa shape index (κ1) is 14.2. The van der Waals surface area contributed by atoms with Gasteiger partial charge in [-0.05, 0) is 18.8 Å². The maximum absolute atomic E-state index is 11.4. The van der Waals surface area contributed by atoms with Gasteiger partial charge in [0.2, 0.25) is 10.0 Å². The van der Waals surface area contributed by atoms with Gasteiger partial charge in [0.15, 0.2) is 0 Å². The molecule has 106 valence electrons. The molecule has 2 aliphatic rings. The predicted molar refractivity (Wildman–Crippen MR) is 72.8 cm³/mol. The molecule has 1 aliphatic heterocycles. The zero-order chi connectivity index (χ0) is 13.2. The average Bonchev–Trinajstić information content (AvgIpc) is 2.32. The van der Waals surface area contributed by atoms with E-state index in [0.29, 0.717) is 25.0 Å². The Morgan fingerprint density at radius 2 is 1.72 bits per heavy atom. The van der Waals surface area contributed by atoms with Crippen LogP contribution in [0.5, 0.6) is 0 Å². The molecule has 0 radical (unpaired) electrons. The SMILES string of the molecule is CS(=O)(=O)N1CCN(CC2CCCCC2N)CC1. The molecule has 1 aliphatic carbocycles. The van der Waals surface area contributed by atoms with E-state index in [4.69, 9.17) is 5.73 Å². The van der Waals surface area contributed by atoms with Gasteiger partial charge in [-0.25, -0.2) is 8.42 Å². The van der Waals surface area contributed by atoms with Gasteiger partial charge in [0.25, 0.3) is 0 Å². The summed E-state index contributed by atoms with van der Waals surface area (Å²) >= 11 is 0. The number of sulfonamides is 1. The van der Waals surface area contributed by atoms with Crippen molar-refractivity contribution in [2.45, 2.75) is 31.7 Å². The van der Waals surface area contributed by atoms with Crippen molar-refractivity contribution < 1.29 is 8.42 Å². The van der Waals surface area contributed by atoms with E-state index in [-0.39, 0.29) is 0 Å². The third-order valence-electron chi connectivity index (χ3n) is 4.26. The van der Waals surface area contributed by atoms with E-state index in [1.807, 2.05) is 0 Å². The van der Waals surface area contributed by atoms with Crippen molar-refractivity contribution in [3.63, 3.8) is 0 Å². The number of nitrogens with zero attached hydrogens (tertiary/aromatic N) is 2. The molecule has 0 amide bonds. The van der Waals surface area contributed by atoms with Crippen molar-refractivity contribution in [2.24, 2.45) is 11.7 Å². The van der Waals surface area contributed by atoms with Crippen molar-refractivity contribution >= 4 is 10.0 Å². The van der Waals surface area contributed by atoms with Gasteiger partial charge in [0.1, 0.15) is 0 Å². The first-order valence-electron chi connectivity index (χ1n) is 6.90. The molecule has 1 saturated heterocycles. The highest BCUT2D eigenvalue weighted by atomic mass is 32.2. The summed E-state index contributed by atoms with van der Waals surface area (Å²) in [5.41, 5.74) is 6.16. The van der Waals surface area contributed by atoms with Crippen LogP contribution in [0.4, 0.5) is 0 Å². The average molecular weight is 275 g/mol. The fourth-order valence-electron chi connectivity index (χ4n) is 3.04. The molecular formula is C12H25N3O2S. The van der Waals surface area contributed by atoms with Crippen molar-refractivity contribution in [3.8, 4) is 0 Å². The predicted octanol–water partition coefficient (Wildman–Crippen LogP) is 0.0811. The zero-order valence-corrected chi connectivity index (χ0v) is 12.0. The van der Waals surface area contributed by atoms with E-state index in [9.17, 15) is 8.42 Å². The molecule has 0 bridgehead atoms. The van der Waals surface area contributed by atoms with Gasteiger partial charge < -0.3 is 10.6 Å². The molecular weight excluding hydrogens is 250 g/mol. The number of hydrogen-bond donors (Lipinski definition) is 1.